The van der Waals surface area contributed by atoms with Gasteiger partial charge in [0.15, 0.2) is 5.82 Å². The summed E-state index contributed by atoms with van der Waals surface area (Å²) in [5, 5.41) is 21.3. The first kappa shape index (κ1) is 66.2. The molecule has 8 aromatic rings. The lowest BCUT2D eigenvalue weighted by Crippen LogP contribution is -2.54. The van der Waals surface area contributed by atoms with Gasteiger partial charge in [-0.25, -0.2) is 19.7 Å². The molecule has 0 fully saturated rings. The quantitative estimate of drug-likeness (QED) is 0.0206. The number of fused-ring (bicyclic) bond motifs is 4. The van der Waals surface area contributed by atoms with Gasteiger partial charge in [-0.15, -0.1) is 0 Å². The predicted octanol–water partition coefficient (Wildman–Crippen LogP) is 5.30. The molecule has 0 saturated heterocycles. The van der Waals surface area contributed by atoms with Gasteiger partial charge >= 0.3 is 6.09 Å². The maximum absolute atomic E-state index is 14.1. The van der Waals surface area contributed by atoms with Crippen molar-refractivity contribution in [3.05, 3.63) is 125 Å². The molecule has 0 unspecified atom stereocenters. The van der Waals surface area contributed by atoms with Gasteiger partial charge in [-0.3, -0.25) is 57.9 Å². The Morgan fingerprint density at radius 3 is 2.06 bits per heavy atom. The van der Waals surface area contributed by atoms with Crippen LogP contribution in [0.2, 0.25) is 0 Å². The van der Waals surface area contributed by atoms with E-state index in [9.17, 15) is 43.2 Å². The van der Waals surface area contributed by atoms with E-state index in [0.29, 0.717) is 81.2 Å². The second kappa shape index (κ2) is 28.7. The molecule has 9 rings (SSSR count). The highest BCUT2D eigenvalue weighted by Gasteiger charge is 2.30. The first-order valence-corrected chi connectivity index (χ1v) is 30.1. The molecule has 0 aliphatic carbocycles. The molecule has 0 bridgehead atoms. The molecule has 2 atom stereocenters. The molecule has 29 nitrogen and oxygen atoms in total. The van der Waals surface area contributed by atoms with Crippen molar-refractivity contribution in [3.8, 4) is 23.0 Å². The lowest BCUT2D eigenvalue weighted by molar-refractivity contribution is -0.137. The summed E-state index contributed by atoms with van der Waals surface area (Å²) in [5.74, 6) is -3.83. The summed E-state index contributed by atoms with van der Waals surface area (Å²) in [6, 6.07) is 14.4. The number of imide groups is 1. The third-order valence-electron chi connectivity index (χ3n) is 15.4. The van der Waals surface area contributed by atoms with Crippen molar-refractivity contribution in [2.45, 2.75) is 106 Å². The zero-order chi connectivity index (χ0) is 66.9. The van der Waals surface area contributed by atoms with E-state index in [1.807, 2.05) is 48.2 Å². The Morgan fingerprint density at radius 1 is 0.742 bits per heavy atom. The molecule has 29 heteroatoms. The Labute approximate surface area is 533 Å². The number of rotatable bonds is 28. The number of aromatic nitrogens is 9. The van der Waals surface area contributed by atoms with Crippen LogP contribution in [0.1, 0.15) is 95.6 Å². The summed E-state index contributed by atoms with van der Waals surface area (Å²) in [7, 11) is 3.07. The number of hydrogen-bond acceptors (Lipinski definition) is 17. The first-order valence-electron chi connectivity index (χ1n) is 30.1. The summed E-state index contributed by atoms with van der Waals surface area (Å²) in [6.07, 6.45) is 7.16. The van der Waals surface area contributed by atoms with E-state index in [-0.39, 0.29) is 80.1 Å². The van der Waals surface area contributed by atoms with E-state index in [0.717, 1.165) is 28.4 Å². The first-order chi connectivity index (χ1) is 44.5. The van der Waals surface area contributed by atoms with E-state index in [1.54, 1.807) is 85.7 Å². The molecule has 3 aromatic carbocycles. The van der Waals surface area contributed by atoms with Crippen molar-refractivity contribution < 1.29 is 57.4 Å². The average molecular weight is 1270 g/mol. The number of anilines is 2. The highest BCUT2D eigenvalue weighted by Crippen LogP contribution is 2.37. The number of nitrogens with zero attached hydrogens (tertiary/aromatic N) is 11. The topological polar surface area (TPSA) is 372 Å². The van der Waals surface area contributed by atoms with Crippen LogP contribution in [0.5, 0.6) is 11.5 Å². The normalized spacial score (nSPS) is 12.9. The second-order valence-corrected chi connectivity index (χ2v) is 22.4. The number of allylic oxidation sites excluding steroid dienone is 2. The van der Waals surface area contributed by atoms with E-state index in [2.05, 4.69) is 31.5 Å². The van der Waals surface area contributed by atoms with E-state index < -0.39 is 65.4 Å². The lowest BCUT2D eigenvalue weighted by atomic mass is 10.0. The number of aryl methyl sites for hydroxylation is 4. The molecule has 9 amide bonds. The molecule has 0 radical (unpaired) electrons. The number of imidazole rings is 1. The maximum Gasteiger partial charge on any atom is 0.409 e. The van der Waals surface area contributed by atoms with Crippen LogP contribution in [0.4, 0.5) is 16.4 Å². The fourth-order valence-electron chi connectivity index (χ4n) is 10.6. The molecule has 6 heterocycles. The van der Waals surface area contributed by atoms with Crippen molar-refractivity contribution in [3.63, 3.8) is 0 Å². The maximum atomic E-state index is 14.1. The smallest absolute Gasteiger partial charge is 0.409 e. The molecule has 0 spiro atoms. The predicted molar refractivity (Wildman–Crippen MR) is 343 cm³/mol. The molecular formula is C64H73N17O12. The molecule has 93 heavy (non-hydrogen) atoms. The van der Waals surface area contributed by atoms with E-state index in [1.165, 1.54) is 31.1 Å². The number of carbonyl (C=O) groups excluding carboxylic acids is 9. The number of amides is 9. The summed E-state index contributed by atoms with van der Waals surface area (Å²) in [4.78, 5) is 132. The number of benzene rings is 3. The van der Waals surface area contributed by atoms with Crippen LogP contribution < -0.4 is 42.2 Å². The monoisotopic (exact) mass is 1270 g/mol. The van der Waals surface area contributed by atoms with Gasteiger partial charge in [0.25, 0.3) is 17.7 Å². The van der Waals surface area contributed by atoms with Gasteiger partial charge in [0.2, 0.25) is 35.5 Å². The Hall–Kier alpha value is -11.3. The molecule has 1 aliphatic rings. The Balaban J connectivity index is 0.865. The van der Waals surface area contributed by atoms with Gasteiger partial charge in [-0.05, 0) is 101 Å². The van der Waals surface area contributed by atoms with Gasteiger partial charge in [0.05, 0.1) is 36.1 Å². The zero-order valence-electron chi connectivity index (χ0n) is 52.9. The molecule has 0 saturated carbocycles. The van der Waals surface area contributed by atoms with Crippen LogP contribution in [0.3, 0.4) is 0 Å². The number of methoxy groups -OCH3 is 1. The van der Waals surface area contributed by atoms with Crippen LogP contribution in [-0.2, 0) is 61.5 Å². The van der Waals surface area contributed by atoms with Crippen molar-refractivity contribution in [2.24, 2.45) is 17.4 Å². The van der Waals surface area contributed by atoms with Crippen molar-refractivity contribution in [2.75, 3.05) is 44.5 Å². The number of nitrogens with two attached hydrogens (primary N) is 2. The van der Waals surface area contributed by atoms with Gasteiger partial charge in [-0.2, -0.15) is 10.2 Å². The molecule has 1 aliphatic heterocycles. The lowest BCUT2D eigenvalue weighted by Gasteiger charge is -2.24. The van der Waals surface area contributed by atoms with Crippen molar-refractivity contribution in [1.82, 2.24) is 64.1 Å². The number of primary amides is 2. The fraction of sp³-hybridized carbons (Fsp3) is 0.344. The van der Waals surface area contributed by atoms with E-state index >= 15 is 0 Å². The Morgan fingerprint density at radius 2 is 1.40 bits per heavy atom. The Kier molecular flexibility index (Phi) is 20.4. The average Bonchev–Trinajstić information content (AvgIpc) is 1.61. The largest absolute Gasteiger partial charge is 0.495 e. The minimum absolute atomic E-state index is 0.0395. The molecule has 5 aromatic heterocycles. The van der Waals surface area contributed by atoms with Gasteiger partial charge in [-0.1, -0.05) is 38.1 Å². The third kappa shape index (κ3) is 15.0. The fourth-order valence-corrected chi connectivity index (χ4v) is 10.6. The SMILES string of the molecule is CCn1nc(C)cc1C(=O)Nc1nc2cc(C(N)=O)cc(OCCCN(C)C(=O)OCc3ccc(NC(=O)[C@H](C)NC(=O)[C@@H](NC(=O)CCN4C(=O)C=CC4=O)C(C)C)cc3)c2n1C/C=C/Cn1c2nc(-c3cc(C)nn3CC)ncc2c2cc(C(N)=O)cc(OC)c21. The molecule has 8 N–H and O–H groups in total. The number of carbonyl (C=O) groups is 9. The summed E-state index contributed by atoms with van der Waals surface area (Å²) >= 11 is 0. The van der Waals surface area contributed by atoms with Gasteiger partial charge < -0.3 is 55.7 Å². The summed E-state index contributed by atoms with van der Waals surface area (Å²) in [6.45, 7) is 13.7. The number of hydrogen-bond donors (Lipinski definition) is 6. The van der Waals surface area contributed by atoms with E-state index in [4.69, 9.17) is 40.6 Å². The van der Waals surface area contributed by atoms with Crippen LogP contribution in [0.25, 0.3) is 44.5 Å². The highest BCUT2D eigenvalue weighted by molar-refractivity contribution is 6.13. The Bertz CT molecular complexity index is 4290. The van der Waals surface area contributed by atoms with Crippen LogP contribution in [-0.4, -0.2) is 153 Å². The molecular weight excluding hydrogens is 1200 g/mol. The highest BCUT2D eigenvalue weighted by atomic mass is 16.6. The van der Waals surface area contributed by atoms with Crippen molar-refractivity contribution in [1.29, 1.82) is 0 Å². The third-order valence-corrected chi connectivity index (χ3v) is 15.4. The minimum atomic E-state index is -1.01. The van der Waals surface area contributed by atoms with Crippen LogP contribution in [0, 0.1) is 19.8 Å². The number of ether oxygens (including phenoxy) is 3. The number of nitrogens with one attached hydrogen (secondary N) is 4. The standard InChI is InChI=1S/C64H73N17O12/c1-10-80-46(27-36(5)74-80)58-67-33-44-43-29-40(56(65)85)31-48(91-9)54(43)78(59(44)72-58)23-12-13-24-79-55-45(70-63(79)73-61(88)47-28-37(6)75-81(47)11-2)30-41(57(66)86)32-49(55)92-26-14-22-76(8)64(90)93-34-39-15-17-42(18-16-39)69-60(87)38(7)68-62(89)53(35(3)4)71-50(82)21-25-77-51(83)19-20-52(77)84/h12-13,15-20,27-33,35,38,53H,10-11,14,21-26,34H2,1-9H3,(H2,65,85)(H2,66,86)(H,68,89)(H,69,87)(H,71,82)(H,70,73,88)/b13-12+/t38-,53-/m0/s1. The second-order valence-electron chi connectivity index (χ2n) is 22.4. The zero-order valence-corrected chi connectivity index (χ0v) is 52.9. The van der Waals surface area contributed by atoms with Crippen LogP contribution >= 0.6 is 0 Å². The van der Waals surface area contributed by atoms with Gasteiger partial charge in [0.1, 0.15) is 52.7 Å². The van der Waals surface area contributed by atoms with Gasteiger partial charge in [0, 0.05) is 98.7 Å². The minimum Gasteiger partial charge on any atom is -0.495 e. The summed E-state index contributed by atoms with van der Waals surface area (Å²) in [5.41, 5.74) is 17.3. The van der Waals surface area contributed by atoms with Crippen LogP contribution in [0.15, 0.2) is 91.2 Å². The van der Waals surface area contributed by atoms with Crippen molar-refractivity contribution >= 4 is 98.0 Å². The molecule has 486 valence electrons. The summed E-state index contributed by atoms with van der Waals surface area (Å²) < 4.78 is 24.9.